The SMILES string of the molecule is CCCNCc1cc(CN(C)Cc2scnc2C)on1. The average molecular weight is 294 g/mol. The number of aryl methyl sites for hydroxylation is 1. The van der Waals surface area contributed by atoms with Crippen LogP contribution in [0, 0.1) is 6.92 Å². The zero-order chi connectivity index (χ0) is 14.4. The average Bonchev–Trinajstić information content (AvgIpc) is 3.00. The summed E-state index contributed by atoms with van der Waals surface area (Å²) in [6.45, 7) is 7.63. The van der Waals surface area contributed by atoms with Gasteiger partial charge in [-0.2, -0.15) is 0 Å². The van der Waals surface area contributed by atoms with Crippen molar-refractivity contribution < 1.29 is 4.52 Å². The molecule has 2 rings (SSSR count). The van der Waals surface area contributed by atoms with Gasteiger partial charge in [0.25, 0.3) is 0 Å². The fraction of sp³-hybridized carbons (Fsp3) is 0.571. The zero-order valence-electron chi connectivity index (χ0n) is 12.3. The molecule has 0 spiro atoms. The Morgan fingerprint density at radius 2 is 2.25 bits per heavy atom. The Balaban J connectivity index is 1.82. The van der Waals surface area contributed by atoms with E-state index in [0.717, 1.165) is 49.7 Å². The zero-order valence-corrected chi connectivity index (χ0v) is 13.2. The van der Waals surface area contributed by atoms with E-state index in [1.54, 1.807) is 11.3 Å². The molecule has 2 aromatic rings. The van der Waals surface area contributed by atoms with Crippen LogP contribution in [0.15, 0.2) is 16.1 Å². The van der Waals surface area contributed by atoms with Gasteiger partial charge in [-0.15, -0.1) is 11.3 Å². The van der Waals surface area contributed by atoms with Crippen molar-refractivity contribution in [2.75, 3.05) is 13.6 Å². The van der Waals surface area contributed by atoms with E-state index >= 15 is 0 Å². The van der Waals surface area contributed by atoms with Crippen LogP contribution in [0.2, 0.25) is 0 Å². The number of nitrogens with zero attached hydrogens (tertiary/aromatic N) is 3. The van der Waals surface area contributed by atoms with Crippen molar-refractivity contribution in [2.24, 2.45) is 0 Å². The first-order valence-corrected chi connectivity index (χ1v) is 7.79. The van der Waals surface area contributed by atoms with Crippen LogP contribution in [0.4, 0.5) is 0 Å². The summed E-state index contributed by atoms with van der Waals surface area (Å²) < 4.78 is 5.37. The Bertz CT molecular complexity index is 523. The molecule has 0 amide bonds. The molecule has 0 atom stereocenters. The minimum atomic E-state index is 0.762. The molecule has 0 fully saturated rings. The first-order valence-electron chi connectivity index (χ1n) is 6.91. The largest absolute Gasteiger partial charge is 0.360 e. The van der Waals surface area contributed by atoms with Gasteiger partial charge in [-0.05, 0) is 26.9 Å². The molecule has 0 saturated heterocycles. The van der Waals surface area contributed by atoms with Gasteiger partial charge in [0.15, 0.2) is 5.76 Å². The van der Waals surface area contributed by atoms with Crippen molar-refractivity contribution >= 4 is 11.3 Å². The first kappa shape index (κ1) is 15.2. The van der Waals surface area contributed by atoms with Crippen LogP contribution in [-0.2, 0) is 19.6 Å². The van der Waals surface area contributed by atoms with Gasteiger partial charge in [-0.3, -0.25) is 4.90 Å². The van der Waals surface area contributed by atoms with Gasteiger partial charge in [0.2, 0.25) is 0 Å². The Morgan fingerprint density at radius 3 is 2.95 bits per heavy atom. The molecule has 2 heterocycles. The van der Waals surface area contributed by atoms with Gasteiger partial charge in [-0.1, -0.05) is 12.1 Å². The second-order valence-electron chi connectivity index (χ2n) is 4.99. The predicted molar refractivity (Wildman–Crippen MR) is 80.5 cm³/mol. The molecular formula is C14H22N4OS. The molecule has 0 aliphatic carbocycles. The van der Waals surface area contributed by atoms with Crippen molar-refractivity contribution in [2.45, 2.75) is 39.9 Å². The molecule has 5 nitrogen and oxygen atoms in total. The monoisotopic (exact) mass is 294 g/mol. The number of aromatic nitrogens is 2. The topological polar surface area (TPSA) is 54.2 Å². The minimum Gasteiger partial charge on any atom is -0.360 e. The highest BCUT2D eigenvalue weighted by Gasteiger charge is 2.10. The summed E-state index contributed by atoms with van der Waals surface area (Å²) in [6, 6.07) is 2.03. The summed E-state index contributed by atoms with van der Waals surface area (Å²) in [5.74, 6) is 0.906. The van der Waals surface area contributed by atoms with E-state index in [-0.39, 0.29) is 0 Å². The van der Waals surface area contributed by atoms with Crippen LogP contribution in [0.1, 0.15) is 35.4 Å². The fourth-order valence-corrected chi connectivity index (χ4v) is 2.81. The van der Waals surface area contributed by atoms with Gasteiger partial charge in [-0.25, -0.2) is 4.98 Å². The number of nitrogens with one attached hydrogen (secondary N) is 1. The summed E-state index contributed by atoms with van der Waals surface area (Å²) >= 11 is 1.70. The van der Waals surface area contributed by atoms with E-state index in [0.29, 0.717) is 0 Å². The molecule has 0 aliphatic rings. The van der Waals surface area contributed by atoms with Crippen molar-refractivity contribution in [1.82, 2.24) is 20.4 Å². The van der Waals surface area contributed by atoms with Crippen molar-refractivity contribution in [3.63, 3.8) is 0 Å². The Hall–Kier alpha value is -1.24. The third kappa shape index (κ3) is 4.40. The molecule has 110 valence electrons. The first-order chi connectivity index (χ1) is 9.69. The van der Waals surface area contributed by atoms with Gasteiger partial charge in [0.05, 0.1) is 23.4 Å². The Labute approximate surface area is 124 Å². The number of rotatable bonds is 8. The molecule has 0 aromatic carbocycles. The van der Waals surface area contributed by atoms with Crippen LogP contribution >= 0.6 is 11.3 Å². The van der Waals surface area contributed by atoms with Gasteiger partial charge in [0, 0.05) is 24.0 Å². The van der Waals surface area contributed by atoms with E-state index in [1.165, 1.54) is 4.88 Å². The molecular weight excluding hydrogens is 272 g/mol. The second kappa shape index (κ2) is 7.52. The summed E-state index contributed by atoms with van der Waals surface area (Å²) in [5, 5.41) is 7.40. The number of hydrogen-bond acceptors (Lipinski definition) is 6. The van der Waals surface area contributed by atoms with Crippen LogP contribution < -0.4 is 5.32 Å². The second-order valence-corrected chi connectivity index (χ2v) is 5.93. The number of thiazole rings is 1. The minimum absolute atomic E-state index is 0.762. The normalized spacial score (nSPS) is 11.4. The van der Waals surface area contributed by atoms with Crippen LogP contribution in [0.3, 0.4) is 0 Å². The maximum absolute atomic E-state index is 5.37. The summed E-state index contributed by atoms with van der Waals surface area (Å²) in [7, 11) is 2.08. The van der Waals surface area contributed by atoms with Gasteiger partial charge >= 0.3 is 0 Å². The van der Waals surface area contributed by atoms with Crippen LogP contribution in [-0.4, -0.2) is 28.6 Å². The third-order valence-electron chi connectivity index (χ3n) is 3.02. The van der Waals surface area contributed by atoms with Crippen LogP contribution in [0.25, 0.3) is 0 Å². The lowest BCUT2D eigenvalue weighted by molar-refractivity contribution is 0.266. The Morgan fingerprint density at radius 1 is 1.40 bits per heavy atom. The summed E-state index contributed by atoms with van der Waals surface area (Å²) in [4.78, 5) is 7.79. The third-order valence-corrected chi connectivity index (χ3v) is 3.94. The highest BCUT2D eigenvalue weighted by atomic mass is 32.1. The quantitative estimate of drug-likeness (QED) is 0.758. The molecule has 1 N–H and O–H groups in total. The molecule has 2 aromatic heterocycles. The highest BCUT2D eigenvalue weighted by molar-refractivity contribution is 7.09. The van der Waals surface area contributed by atoms with E-state index in [1.807, 2.05) is 18.5 Å². The summed E-state index contributed by atoms with van der Waals surface area (Å²) in [6.07, 6.45) is 1.13. The Kier molecular flexibility index (Phi) is 5.70. The van der Waals surface area contributed by atoms with E-state index in [2.05, 4.69) is 34.3 Å². The van der Waals surface area contributed by atoms with Crippen molar-refractivity contribution in [3.8, 4) is 0 Å². The van der Waals surface area contributed by atoms with Crippen molar-refractivity contribution in [1.29, 1.82) is 0 Å². The lowest BCUT2D eigenvalue weighted by Crippen LogP contribution is -2.16. The van der Waals surface area contributed by atoms with Crippen LogP contribution in [0.5, 0.6) is 0 Å². The smallest absolute Gasteiger partial charge is 0.151 e. The number of hydrogen-bond donors (Lipinski definition) is 1. The lowest BCUT2D eigenvalue weighted by atomic mass is 10.3. The van der Waals surface area contributed by atoms with Gasteiger partial charge < -0.3 is 9.84 Å². The molecule has 0 unspecified atom stereocenters. The maximum Gasteiger partial charge on any atom is 0.151 e. The van der Waals surface area contributed by atoms with Gasteiger partial charge in [0.1, 0.15) is 0 Å². The fourth-order valence-electron chi connectivity index (χ4n) is 1.95. The van der Waals surface area contributed by atoms with E-state index in [4.69, 9.17) is 4.52 Å². The standard InChI is InChI=1S/C14H22N4OS/c1-4-5-15-7-12-6-13(19-17-12)8-18(3)9-14-11(2)16-10-20-14/h6,10,15H,4-5,7-9H2,1-3H3. The molecule has 20 heavy (non-hydrogen) atoms. The molecule has 0 bridgehead atoms. The molecule has 0 aliphatic heterocycles. The predicted octanol–water partition coefficient (Wildman–Crippen LogP) is 2.57. The van der Waals surface area contributed by atoms with Crippen molar-refractivity contribution in [3.05, 3.63) is 33.6 Å². The molecule has 6 heteroatoms. The molecule has 0 saturated carbocycles. The highest BCUT2D eigenvalue weighted by Crippen LogP contribution is 2.16. The molecule has 0 radical (unpaired) electrons. The summed E-state index contributed by atoms with van der Waals surface area (Å²) in [5.41, 5.74) is 3.98. The van der Waals surface area contributed by atoms with E-state index < -0.39 is 0 Å². The lowest BCUT2D eigenvalue weighted by Gasteiger charge is -2.13. The maximum atomic E-state index is 5.37. The van der Waals surface area contributed by atoms with E-state index in [9.17, 15) is 0 Å².